The summed E-state index contributed by atoms with van der Waals surface area (Å²) in [7, 11) is 0. The summed E-state index contributed by atoms with van der Waals surface area (Å²) in [5.74, 6) is -0.620. The second kappa shape index (κ2) is 6.45. The fourth-order valence-corrected chi connectivity index (χ4v) is 2.76. The summed E-state index contributed by atoms with van der Waals surface area (Å²) < 4.78 is 0. The lowest BCUT2D eigenvalue weighted by Crippen LogP contribution is -2.64. The van der Waals surface area contributed by atoms with E-state index in [1.54, 1.807) is 25.3 Å². The molecule has 3 rings (SSSR count). The third-order valence-electron chi connectivity index (χ3n) is 3.87. The Kier molecular flexibility index (Phi) is 4.36. The molecule has 1 fully saturated rings. The molecule has 0 saturated carbocycles. The summed E-state index contributed by atoms with van der Waals surface area (Å²) in [4.78, 5) is 28.9. The van der Waals surface area contributed by atoms with Crippen LogP contribution in [0.15, 0.2) is 54.4 Å². The van der Waals surface area contributed by atoms with Crippen molar-refractivity contribution in [1.82, 2.24) is 15.6 Å². The van der Waals surface area contributed by atoms with E-state index in [2.05, 4.69) is 15.6 Å². The summed E-state index contributed by atoms with van der Waals surface area (Å²) in [6.45, 7) is 1.71. The van der Waals surface area contributed by atoms with Crippen molar-refractivity contribution in [2.24, 2.45) is 0 Å². The van der Waals surface area contributed by atoms with E-state index in [1.165, 1.54) is 6.08 Å². The van der Waals surface area contributed by atoms with E-state index < -0.39 is 5.54 Å². The molecule has 0 bridgehead atoms. The van der Waals surface area contributed by atoms with Crippen LogP contribution < -0.4 is 10.6 Å². The van der Waals surface area contributed by atoms with Gasteiger partial charge in [-0.1, -0.05) is 48.0 Å². The molecule has 1 aromatic carbocycles. The lowest BCUT2D eigenvalue weighted by Gasteiger charge is -2.34. The van der Waals surface area contributed by atoms with Crippen LogP contribution in [0.2, 0.25) is 5.15 Å². The minimum atomic E-state index is -1.01. The van der Waals surface area contributed by atoms with Gasteiger partial charge in [0.25, 0.3) is 5.91 Å². The van der Waals surface area contributed by atoms with Crippen molar-refractivity contribution in [3.8, 4) is 0 Å². The molecule has 24 heavy (non-hydrogen) atoms. The second-order valence-corrected chi connectivity index (χ2v) is 6.20. The number of pyridine rings is 1. The Hall–Kier alpha value is -2.66. The molecular formula is C18H16ClN3O2. The average molecular weight is 342 g/mol. The number of carbonyl (C=O) groups excluding carboxylic acids is 2. The number of hydrogen-bond donors (Lipinski definition) is 2. The highest BCUT2D eigenvalue weighted by atomic mass is 35.5. The molecule has 0 spiro atoms. The lowest BCUT2D eigenvalue weighted by atomic mass is 9.89. The van der Waals surface area contributed by atoms with Crippen molar-refractivity contribution in [3.63, 3.8) is 0 Å². The third kappa shape index (κ3) is 3.31. The zero-order chi connectivity index (χ0) is 17.2. The van der Waals surface area contributed by atoms with Crippen LogP contribution >= 0.6 is 11.6 Å². The first-order chi connectivity index (χ1) is 11.5. The maximum atomic E-state index is 12.5. The molecular weight excluding hydrogens is 326 g/mol. The molecule has 2 N–H and O–H groups in total. The van der Waals surface area contributed by atoms with E-state index in [1.807, 2.05) is 30.3 Å². The van der Waals surface area contributed by atoms with Gasteiger partial charge in [-0.2, -0.15) is 0 Å². The first-order valence-electron chi connectivity index (χ1n) is 7.48. The highest BCUT2D eigenvalue weighted by molar-refractivity contribution is 6.31. The number of benzene rings is 1. The monoisotopic (exact) mass is 341 g/mol. The van der Waals surface area contributed by atoms with Gasteiger partial charge in [0.1, 0.15) is 16.4 Å². The predicted octanol–water partition coefficient (Wildman–Crippen LogP) is 2.32. The number of hydrogen-bond acceptors (Lipinski definition) is 3. The topological polar surface area (TPSA) is 71.1 Å². The number of nitrogens with zero attached hydrogens (tertiary/aromatic N) is 1. The summed E-state index contributed by atoms with van der Waals surface area (Å²) in [6, 6.07) is 13.0. The summed E-state index contributed by atoms with van der Waals surface area (Å²) in [5.41, 5.74) is 0.684. The Morgan fingerprint density at radius 2 is 1.92 bits per heavy atom. The second-order valence-electron chi connectivity index (χ2n) is 5.84. The van der Waals surface area contributed by atoms with Crippen molar-refractivity contribution >= 4 is 29.5 Å². The van der Waals surface area contributed by atoms with Crippen molar-refractivity contribution in [3.05, 3.63) is 70.6 Å². The molecule has 1 unspecified atom stereocenters. The first-order valence-corrected chi connectivity index (χ1v) is 7.86. The van der Waals surface area contributed by atoms with Gasteiger partial charge in [-0.25, -0.2) is 4.98 Å². The van der Waals surface area contributed by atoms with E-state index in [4.69, 9.17) is 11.6 Å². The van der Waals surface area contributed by atoms with E-state index >= 15 is 0 Å². The Morgan fingerprint density at radius 3 is 2.62 bits per heavy atom. The van der Waals surface area contributed by atoms with Crippen molar-refractivity contribution in [2.45, 2.75) is 18.9 Å². The molecule has 1 saturated heterocycles. The highest BCUT2D eigenvalue weighted by Gasteiger charge is 2.40. The molecule has 2 heterocycles. The molecule has 1 aliphatic heterocycles. The van der Waals surface area contributed by atoms with E-state index in [0.717, 1.165) is 5.56 Å². The SMILES string of the molecule is CC1(Cc2ccccc2)NC(=O)/C(=C\c2cccnc2Cl)NC1=O. The molecule has 2 aromatic rings. The van der Waals surface area contributed by atoms with Gasteiger partial charge in [-0.05, 0) is 24.6 Å². The predicted molar refractivity (Wildman–Crippen MR) is 92.1 cm³/mol. The minimum absolute atomic E-state index is 0.153. The zero-order valence-electron chi connectivity index (χ0n) is 13.0. The van der Waals surface area contributed by atoms with Gasteiger partial charge >= 0.3 is 0 Å². The van der Waals surface area contributed by atoms with Crippen LogP contribution in [0.3, 0.4) is 0 Å². The molecule has 5 nitrogen and oxygen atoms in total. The fourth-order valence-electron chi connectivity index (χ4n) is 2.58. The number of carbonyl (C=O) groups is 2. The Labute approximate surface area is 144 Å². The van der Waals surface area contributed by atoms with Gasteiger partial charge in [0.15, 0.2) is 0 Å². The standard InChI is InChI=1S/C18H16ClN3O2/c1-18(11-12-6-3-2-4-7-12)17(24)21-14(16(23)22-18)10-13-8-5-9-20-15(13)19/h2-10H,11H2,1H3,(H,21,24)(H,22,23)/b14-10+. The average Bonchev–Trinajstić information content (AvgIpc) is 2.55. The maximum Gasteiger partial charge on any atom is 0.268 e. The Morgan fingerprint density at radius 1 is 1.17 bits per heavy atom. The quantitative estimate of drug-likeness (QED) is 0.665. The van der Waals surface area contributed by atoms with Gasteiger partial charge in [-0.3, -0.25) is 9.59 Å². The molecule has 1 aromatic heterocycles. The van der Waals surface area contributed by atoms with Crippen LogP contribution in [-0.4, -0.2) is 22.3 Å². The molecule has 0 radical (unpaired) electrons. The van der Waals surface area contributed by atoms with Crippen LogP contribution in [0.1, 0.15) is 18.1 Å². The summed E-state index contributed by atoms with van der Waals surface area (Å²) >= 11 is 5.99. The number of aromatic nitrogens is 1. The van der Waals surface area contributed by atoms with Gasteiger partial charge < -0.3 is 10.6 Å². The van der Waals surface area contributed by atoms with Crippen molar-refractivity contribution in [1.29, 1.82) is 0 Å². The smallest absolute Gasteiger partial charge is 0.268 e. The molecule has 122 valence electrons. The van der Waals surface area contributed by atoms with E-state index in [-0.39, 0.29) is 22.7 Å². The van der Waals surface area contributed by atoms with Crippen molar-refractivity contribution < 1.29 is 9.59 Å². The first kappa shape index (κ1) is 16.2. The minimum Gasteiger partial charge on any atom is -0.336 e. The molecule has 0 aliphatic carbocycles. The van der Waals surface area contributed by atoms with Crippen LogP contribution in [0, 0.1) is 0 Å². The maximum absolute atomic E-state index is 12.5. The largest absolute Gasteiger partial charge is 0.336 e. The van der Waals surface area contributed by atoms with Crippen LogP contribution in [0.25, 0.3) is 6.08 Å². The van der Waals surface area contributed by atoms with E-state index in [9.17, 15) is 9.59 Å². The highest BCUT2D eigenvalue weighted by Crippen LogP contribution is 2.21. The summed E-state index contributed by atoms with van der Waals surface area (Å²) in [5, 5.41) is 5.74. The van der Waals surface area contributed by atoms with Crippen LogP contribution in [0.4, 0.5) is 0 Å². The Bertz CT molecular complexity index is 820. The normalized spacial score (nSPS) is 22.2. The number of nitrogens with one attached hydrogen (secondary N) is 2. The van der Waals surface area contributed by atoms with Gasteiger partial charge in [0.05, 0.1) is 0 Å². The van der Waals surface area contributed by atoms with Crippen LogP contribution in [-0.2, 0) is 16.0 Å². The number of amides is 2. The fraction of sp³-hybridized carbons (Fsp3) is 0.167. The molecule has 1 atom stereocenters. The van der Waals surface area contributed by atoms with Gasteiger partial charge in [0, 0.05) is 18.2 Å². The molecule has 6 heteroatoms. The summed E-state index contributed by atoms with van der Waals surface area (Å²) in [6.07, 6.45) is 3.48. The zero-order valence-corrected chi connectivity index (χ0v) is 13.8. The third-order valence-corrected chi connectivity index (χ3v) is 4.19. The molecule has 2 amide bonds. The molecule has 1 aliphatic rings. The van der Waals surface area contributed by atoms with Gasteiger partial charge in [0.2, 0.25) is 5.91 Å². The number of rotatable bonds is 3. The number of piperazine rings is 1. The van der Waals surface area contributed by atoms with Crippen LogP contribution in [0.5, 0.6) is 0 Å². The van der Waals surface area contributed by atoms with Gasteiger partial charge in [-0.15, -0.1) is 0 Å². The number of halogens is 1. The Balaban J connectivity index is 1.83. The van der Waals surface area contributed by atoms with Crippen molar-refractivity contribution in [2.75, 3.05) is 0 Å². The van der Waals surface area contributed by atoms with E-state index in [0.29, 0.717) is 12.0 Å². The lowest BCUT2D eigenvalue weighted by molar-refractivity contribution is -0.135.